The number of amides is 2. The number of ether oxygens (including phenoxy) is 2. The second-order valence-corrected chi connectivity index (χ2v) is 7.59. The number of thiazole rings is 1. The largest absolute Gasteiger partial charge is 0.477 e. The Morgan fingerprint density at radius 1 is 1.46 bits per heavy atom. The van der Waals surface area contributed by atoms with E-state index in [4.69, 9.17) is 9.47 Å². The lowest BCUT2D eigenvalue weighted by Gasteiger charge is -2.12. The minimum atomic E-state index is -0.285. The van der Waals surface area contributed by atoms with Crippen LogP contribution in [0, 0.1) is 5.92 Å². The van der Waals surface area contributed by atoms with Crippen molar-refractivity contribution in [3.05, 3.63) is 18.5 Å². The van der Waals surface area contributed by atoms with Crippen molar-refractivity contribution in [1.29, 1.82) is 0 Å². The van der Waals surface area contributed by atoms with E-state index in [9.17, 15) is 4.79 Å². The zero-order valence-electron chi connectivity index (χ0n) is 15.8. The summed E-state index contributed by atoms with van der Waals surface area (Å²) in [6, 6.07) is 1.64. The fourth-order valence-corrected chi connectivity index (χ4v) is 3.80. The molecular formula is C18H22N6O3S. The summed E-state index contributed by atoms with van der Waals surface area (Å²) < 4.78 is 13.2. The van der Waals surface area contributed by atoms with Gasteiger partial charge in [0, 0.05) is 43.4 Å². The Morgan fingerprint density at radius 2 is 2.36 bits per heavy atom. The third-order valence-corrected chi connectivity index (χ3v) is 5.28. The summed E-state index contributed by atoms with van der Waals surface area (Å²) in [7, 11) is 1.86. The lowest BCUT2D eigenvalue weighted by atomic mass is 10.1. The molecule has 4 heterocycles. The highest BCUT2D eigenvalue weighted by atomic mass is 32.1. The van der Waals surface area contributed by atoms with Crippen LogP contribution in [-0.4, -0.2) is 52.1 Å². The van der Waals surface area contributed by atoms with E-state index in [2.05, 4.69) is 25.7 Å². The molecule has 2 amide bonds. The minimum absolute atomic E-state index is 0.285. The van der Waals surface area contributed by atoms with E-state index < -0.39 is 0 Å². The highest BCUT2D eigenvalue weighted by Gasteiger charge is 2.20. The Hall–Kier alpha value is -2.72. The average molecular weight is 402 g/mol. The third kappa shape index (κ3) is 4.07. The van der Waals surface area contributed by atoms with Crippen LogP contribution in [0.1, 0.15) is 13.3 Å². The molecular weight excluding hydrogens is 380 g/mol. The van der Waals surface area contributed by atoms with Crippen LogP contribution < -0.4 is 15.4 Å². The molecule has 1 aliphatic rings. The van der Waals surface area contributed by atoms with E-state index in [1.165, 1.54) is 11.3 Å². The molecule has 1 unspecified atom stereocenters. The first-order valence-electron chi connectivity index (χ1n) is 9.18. The summed E-state index contributed by atoms with van der Waals surface area (Å²) in [5.74, 6) is 0.913. The number of carbonyl (C=O) groups is 1. The lowest BCUT2D eigenvalue weighted by Crippen LogP contribution is -2.28. The Labute approximate surface area is 166 Å². The Kier molecular flexibility index (Phi) is 5.40. The molecule has 0 radical (unpaired) electrons. The van der Waals surface area contributed by atoms with Gasteiger partial charge in [-0.05, 0) is 19.4 Å². The monoisotopic (exact) mass is 402 g/mol. The Balaban J connectivity index is 1.65. The number of anilines is 1. The summed E-state index contributed by atoms with van der Waals surface area (Å²) in [6.45, 7) is 4.45. The van der Waals surface area contributed by atoms with Crippen LogP contribution in [0.25, 0.3) is 21.5 Å². The SMILES string of the molecule is CCNC(=O)Nc1nc2cc(-c3cnn(C)c3)c(OCC3CCOC3)nc2s1. The Morgan fingerprint density at radius 3 is 3.07 bits per heavy atom. The van der Waals surface area contributed by atoms with Gasteiger partial charge in [0.2, 0.25) is 5.88 Å². The van der Waals surface area contributed by atoms with E-state index >= 15 is 0 Å². The fourth-order valence-electron chi connectivity index (χ4n) is 2.99. The second-order valence-electron chi connectivity index (χ2n) is 6.61. The molecule has 0 aromatic carbocycles. The van der Waals surface area contributed by atoms with Gasteiger partial charge in [0.05, 0.1) is 19.4 Å². The Bertz CT molecular complexity index is 979. The summed E-state index contributed by atoms with van der Waals surface area (Å²) in [5, 5.41) is 10.2. The maximum absolute atomic E-state index is 11.8. The summed E-state index contributed by atoms with van der Waals surface area (Å²) >= 11 is 1.31. The molecule has 4 rings (SSSR count). The number of rotatable bonds is 6. The van der Waals surface area contributed by atoms with E-state index in [0.717, 1.165) is 24.2 Å². The average Bonchev–Trinajstić information content (AvgIpc) is 3.39. The van der Waals surface area contributed by atoms with Crippen molar-refractivity contribution >= 4 is 32.8 Å². The molecule has 9 nitrogen and oxygen atoms in total. The summed E-state index contributed by atoms with van der Waals surface area (Å²) in [4.78, 5) is 21.6. The van der Waals surface area contributed by atoms with Gasteiger partial charge in [-0.2, -0.15) is 5.10 Å². The quantitative estimate of drug-likeness (QED) is 0.657. The van der Waals surface area contributed by atoms with Crippen LogP contribution in [-0.2, 0) is 11.8 Å². The molecule has 3 aromatic heterocycles. The first-order valence-corrected chi connectivity index (χ1v) is 10.00. The smallest absolute Gasteiger partial charge is 0.321 e. The zero-order chi connectivity index (χ0) is 19.5. The number of nitrogens with one attached hydrogen (secondary N) is 2. The fraction of sp³-hybridized carbons (Fsp3) is 0.444. The van der Waals surface area contributed by atoms with Gasteiger partial charge in [0.1, 0.15) is 10.3 Å². The lowest BCUT2D eigenvalue weighted by molar-refractivity contribution is 0.166. The number of aryl methyl sites for hydroxylation is 1. The van der Waals surface area contributed by atoms with Crippen LogP contribution in [0.4, 0.5) is 9.93 Å². The first-order chi connectivity index (χ1) is 13.6. The molecule has 1 fully saturated rings. The molecule has 1 aliphatic heterocycles. The standard InChI is InChI=1S/C18H22N6O3S/c1-3-19-17(25)23-18-21-14-6-13(12-7-20-24(2)8-12)15(22-16(14)28-18)27-10-11-4-5-26-9-11/h6-8,11H,3-5,9-10H2,1-2H3,(H2,19,21,23,25). The van der Waals surface area contributed by atoms with Crippen LogP contribution >= 0.6 is 11.3 Å². The van der Waals surface area contributed by atoms with Gasteiger partial charge in [-0.3, -0.25) is 10.00 Å². The number of urea groups is 1. The number of nitrogens with zero attached hydrogens (tertiary/aromatic N) is 4. The van der Waals surface area contributed by atoms with Crippen LogP contribution in [0.3, 0.4) is 0 Å². The minimum Gasteiger partial charge on any atom is -0.477 e. The molecule has 0 saturated carbocycles. The van der Waals surface area contributed by atoms with Crippen molar-refractivity contribution in [2.45, 2.75) is 13.3 Å². The van der Waals surface area contributed by atoms with Crippen molar-refractivity contribution in [2.75, 3.05) is 31.7 Å². The number of pyridine rings is 1. The number of fused-ring (bicyclic) bond motifs is 1. The number of carbonyl (C=O) groups excluding carboxylic acids is 1. The highest BCUT2D eigenvalue weighted by Crippen LogP contribution is 2.35. The topological polar surface area (TPSA) is 103 Å². The van der Waals surface area contributed by atoms with Crippen molar-refractivity contribution in [2.24, 2.45) is 13.0 Å². The molecule has 0 spiro atoms. The maximum atomic E-state index is 11.8. The third-order valence-electron chi connectivity index (χ3n) is 4.40. The van der Waals surface area contributed by atoms with Crippen molar-refractivity contribution in [3.63, 3.8) is 0 Å². The van der Waals surface area contributed by atoms with Gasteiger partial charge >= 0.3 is 6.03 Å². The van der Waals surface area contributed by atoms with E-state index in [-0.39, 0.29) is 6.03 Å². The van der Waals surface area contributed by atoms with E-state index in [1.807, 2.05) is 26.2 Å². The van der Waals surface area contributed by atoms with Gasteiger partial charge in [-0.25, -0.2) is 14.8 Å². The number of hydrogen-bond acceptors (Lipinski definition) is 7. The number of aromatic nitrogens is 4. The predicted molar refractivity (Wildman–Crippen MR) is 107 cm³/mol. The maximum Gasteiger partial charge on any atom is 0.321 e. The second kappa shape index (κ2) is 8.11. The molecule has 0 aliphatic carbocycles. The molecule has 2 N–H and O–H groups in total. The molecule has 1 atom stereocenters. The van der Waals surface area contributed by atoms with Gasteiger partial charge in [-0.1, -0.05) is 11.3 Å². The zero-order valence-corrected chi connectivity index (χ0v) is 16.6. The molecule has 1 saturated heterocycles. The van der Waals surface area contributed by atoms with Crippen molar-refractivity contribution < 1.29 is 14.3 Å². The molecule has 28 heavy (non-hydrogen) atoms. The van der Waals surface area contributed by atoms with E-state index in [0.29, 0.717) is 47.0 Å². The normalized spacial score (nSPS) is 16.4. The van der Waals surface area contributed by atoms with Crippen LogP contribution in [0.15, 0.2) is 18.5 Å². The summed E-state index contributed by atoms with van der Waals surface area (Å²) in [5.41, 5.74) is 2.43. The van der Waals surface area contributed by atoms with E-state index in [1.54, 1.807) is 10.9 Å². The molecule has 10 heteroatoms. The molecule has 0 bridgehead atoms. The van der Waals surface area contributed by atoms with Gasteiger partial charge in [-0.15, -0.1) is 0 Å². The molecule has 148 valence electrons. The first kappa shape index (κ1) is 18.6. The van der Waals surface area contributed by atoms with Crippen molar-refractivity contribution in [1.82, 2.24) is 25.1 Å². The van der Waals surface area contributed by atoms with Gasteiger partial charge < -0.3 is 14.8 Å². The van der Waals surface area contributed by atoms with Crippen LogP contribution in [0.2, 0.25) is 0 Å². The summed E-state index contributed by atoms with van der Waals surface area (Å²) in [6.07, 6.45) is 4.68. The van der Waals surface area contributed by atoms with Crippen molar-refractivity contribution in [3.8, 4) is 17.0 Å². The number of hydrogen-bond donors (Lipinski definition) is 2. The van der Waals surface area contributed by atoms with Gasteiger partial charge in [0.25, 0.3) is 0 Å². The predicted octanol–water partition coefficient (Wildman–Crippen LogP) is 2.65. The van der Waals surface area contributed by atoms with Gasteiger partial charge in [0.15, 0.2) is 5.13 Å². The molecule has 3 aromatic rings. The van der Waals surface area contributed by atoms with Crippen LogP contribution in [0.5, 0.6) is 5.88 Å². The highest BCUT2D eigenvalue weighted by molar-refractivity contribution is 7.22.